The first-order valence-electron chi connectivity index (χ1n) is 17.5. The number of hydrogen-bond acceptors (Lipinski definition) is 1. The summed E-state index contributed by atoms with van der Waals surface area (Å²) in [6, 6.07) is 0. The van der Waals surface area contributed by atoms with Crippen LogP contribution in [0, 0.1) is 41.4 Å². The van der Waals surface area contributed by atoms with Crippen LogP contribution >= 0.6 is 0 Å². The highest BCUT2D eigenvalue weighted by molar-refractivity contribution is 4.95. The van der Waals surface area contributed by atoms with Gasteiger partial charge in [-0.1, -0.05) is 64.7 Å². The Hall–Kier alpha value is -0.250. The molecule has 1 nitrogen and oxygen atoms in total. The minimum absolute atomic E-state index is 0.0596. The van der Waals surface area contributed by atoms with Crippen LogP contribution in [0.1, 0.15) is 149 Å². The summed E-state index contributed by atoms with van der Waals surface area (Å²) in [5, 5.41) is 0. The third kappa shape index (κ3) is 9.12. The fourth-order valence-electron chi connectivity index (χ4n) is 9.37. The first-order chi connectivity index (χ1) is 19.0. The van der Waals surface area contributed by atoms with Gasteiger partial charge in [-0.2, -0.15) is 0 Å². The standard InChI is InChI=1S/C35H61F3O/c1-3-5-6-7-11-29-17-14-26(24-33(29)36)10-8-9-25-12-15-27(16-13-25)31-22-23-32(35(38)34(31)37)28-18-20-30(21-19-28)39-4-2/h25-35H,3-24H2,1-2H3/t25?,26?,27?,28?,29?,30?,31?,32?,33?,34?,35-/m1/s1. The number of rotatable bonds is 13. The lowest BCUT2D eigenvalue weighted by atomic mass is 9.64. The van der Waals surface area contributed by atoms with E-state index in [1.54, 1.807) is 0 Å². The van der Waals surface area contributed by atoms with E-state index < -0.39 is 18.5 Å². The summed E-state index contributed by atoms with van der Waals surface area (Å²) in [7, 11) is 0. The number of halogens is 3. The predicted octanol–water partition coefficient (Wildman–Crippen LogP) is 11.0. The monoisotopic (exact) mass is 554 g/mol. The van der Waals surface area contributed by atoms with Gasteiger partial charge in [-0.25, -0.2) is 13.2 Å². The second kappa shape index (κ2) is 16.4. The van der Waals surface area contributed by atoms with Crippen LogP contribution in [0.5, 0.6) is 0 Å². The van der Waals surface area contributed by atoms with Crippen LogP contribution in [0.3, 0.4) is 0 Å². The van der Waals surface area contributed by atoms with Gasteiger partial charge >= 0.3 is 0 Å². The largest absolute Gasteiger partial charge is 0.379 e. The van der Waals surface area contributed by atoms with E-state index >= 15 is 8.78 Å². The lowest BCUT2D eigenvalue weighted by molar-refractivity contribution is -0.0474. The molecule has 4 saturated carbocycles. The van der Waals surface area contributed by atoms with Crippen molar-refractivity contribution in [1.29, 1.82) is 0 Å². The molecule has 0 saturated heterocycles. The van der Waals surface area contributed by atoms with E-state index in [9.17, 15) is 4.39 Å². The number of alkyl halides is 3. The normalized spacial score (nSPS) is 41.9. The minimum Gasteiger partial charge on any atom is -0.379 e. The van der Waals surface area contributed by atoms with Gasteiger partial charge in [-0.3, -0.25) is 0 Å². The van der Waals surface area contributed by atoms with Crippen molar-refractivity contribution in [2.24, 2.45) is 41.4 Å². The second-order valence-electron chi connectivity index (χ2n) is 14.3. The molecule has 4 fully saturated rings. The SMILES string of the molecule is CCCCCCC1CCC(CCCC2CCC(C3CCC(C4CCC(OCC)CC4)[C@@H](F)C3F)CC2)CC1F. The predicted molar refractivity (Wildman–Crippen MR) is 157 cm³/mol. The van der Waals surface area contributed by atoms with Crippen molar-refractivity contribution in [3.8, 4) is 0 Å². The molecule has 4 aliphatic rings. The molecule has 0 aromatic rings. The summed E-state index contributed by atoms with van der Waals surface area (Å²) >= 11 is 0. The molecule has 0 aliphatic heterocycles. The molecule has 0 aromatic heterocycles. The van der Waals surface area contributed by atoms with Crippen LogP contribution in [0.2, 0.25) is 0 Å². The zero-order valence-electron chi connectivity index (χ0n) is 25.4. The maximum Gasteiger partial charge on any atom is 0.134 e. The van der Waals surface area contributed by atoms with Gasteiger partial charge in [-0.05, 0) is 125 Å². The zero-order chi connectivity index (χ0) is 27.6. The van der Waals surface area contributed by atoms with Crippen molar-refractivity contribution >= 4 is 0 Å². The van der Waals surface area contributed by atoms with Crippen LogP contribution in [-0.4, -0.2) is 31.2 Å². The highest BCUT2D eigenvalue weighted by Crippen LogP contribution is 2.48. The van der Waals surface area contributed by atoms with Crippen LogP contribution in [0.25, 0.3) is 0 Å². The van der Waals surface area contributed by atoms with Crippen molar-refractivity contribution < 1.29 is 17.9 Å². The van der Waals surface area contributed by atoms with E-state index in [1.807, 2.05) is 6.92 Å². The maximum atomic E-state index is 15.5. The Bertz CT molecular complexity index is 656. The first-order valence-corrected chi connectivity index (χ1v) is 17.5. The minimum atomic E-state index is -1.26. The zero-order valence-corrected chi connectivity index (χ0v) is 25.4. The quantitative estimate of drug-likeness (QED) is 0.206. The van der Waals surface area contributed by atoms with Gasteiger partial charge < -0.3 is 4.74 Å². The Morgan fingerprint density at radius 3 is 1.74 bits per heavy atom. The number of ether oxygens (including phenoxy) is 1. The summed E-state index contributed by atoms with van der Waals surface area (Å²) in [4.78, 5) is 0. The topological polar surface area (TPSA) is 9.23 Å². The molecule has 0 spiro atoms. The van der Waals surface area contributed by atoms with Crippen molar-refractivity contribution in [3.63, 3.8) is 0 Å². The molecule has 39 heavy (non-hydrogen) atoms. The molecular formula is C35H61F3O. The van der Waals surface area contributed by atoms with Gasteiger partial charge in [0, 0.05) is 6.61 Å². The molecule has 6 unspecified atom stereocenters. The van der Waals surface area contributed by atoms with Gasteiger partial charge in [0.25, 0.3) is 0 Å². The lowest BCUT2D eigenvalue weighted by Crippen LogP contribution is -2.45. The Morgan fingerprint density at radius 1 is 0.564 bits per heavy atom. The van der Waals surface area contributed by atoms with E-state index in [4.69, 9.17) is 4.74 Å². The van der Waals surface area contributed by atoms with Crippen molar-refractivity contribution in [2.45, 2.75) is 173 Å². The van der Waals surface area contributed by atoms with E-state index in [-0.39, 0.29) is 11.8 Å². The molecule has 0 heterocycles. The van der Waals surface area contributed by atoms with Crippen molar-refractivity contribution in [1.82, 2.24) is 0 Å². The summed E-state index contributed by atoms with van der Waals surface area (Å²) in [5.74, 6) is 2.24. The van der Waals surface area contributed by atoms with Crippen LogP contribution in [0.4, 0.5) is 13.2 Å². The number of hydrogen-bond donors (Lipinski definition) is 0. The third-order valence-electron chi connectivity index (χ3n) is 11.8. The molecule has 0 N–H and O–H groups in total. The molecule has 228 valence electrons. The maximum absolute atomic E-state index is 15.5. The Labute approximate surface area is 239 Å². The second-order valence-corrected chi connectivity index (χ2v) is 14.3. The van der Waals surface area contributed by atoms with E-state index in [1.165, 1.54) is 64.2 Å². The fourth-order valence-corrected chi connectivity index (χ4v) is 9.37. The van der Waals surface area contributed by atoms with Gasteiger partial charge in [0.2, 0.25) is 0 Å². The van der Waals surface area contributed by atoms with Gasteiger partial charge in [0.05, 0.1) is 6.10 Å². The highest BCUT2D eigenvalue weighted by Gasteiger charge is 2.46. The van der Waals surface area contributed by atoms with Gasteiger partial charge in [0.1, 0.15) is 18.5 Å². The smallest absolute Gasteiger partial charge is 0.134 e. The Balaban J connectivity index is 1.10. The molecule has 4 aliphatic carbocycles. The molecule has 7 atom stereocenters. The highest BCUT2D eigenvalue weighted by atomic mass is 19.2. The van der Waals surface area contributed by atoms with E-state index in [0.29, 0.717) is 29.8 Å². The first kappa shape index (κ1) is 31.7. The van der Waals surface area contributed by atoms with Crippen molar-refractivity contribution in [3.05, 3.63) is 0 Å². The lowest BCUT2D eigenvalue weighted by Gasteiger charge is -2.44. The number of unbranched alkanes of at least 4 members (excludes halogenated alkanes) is 3. The molecule has 0 aromatic carbocycles. The Kier molecular flexibility index (Phi) is 13.3. The molecule has 0 amide bonds. The van der Waals surface area contributed by atoms with Gasteiger partial charge in [0.15, 0.2) is 0 Å². The average molecular weight is 555 g/mol. The summed E-state index contributed by atoms with van der Waals surface area (Å²) < 4.78 is 51.4. The molecule has 4 heteroatoms. The van der Waals surface area contributed by atoms with Crippen molar-refractivity contribution in [2.75, 3.05) is 6.61 Å². The third-order valence-corrected chi connectivity index (χ3v) is 11.8. The summed E-state index contributed by atoms with van der Waals surface area (Å²) in [6.45, 7) is 5.02. The average Bonchev–Trinajstić information content (AvgIpc) is 2.95. The van der Waals surface area contributed by atoms with E-state index in [2.05, 4.69) is 6.92 Å². The fraction of sp³-hybridized carbons (Fsp3) is 1.00. The molecular weight excluding hydrogens is 493 g/mol. The molecule has 0 radical (unpaired) electrons. The van der Waals surface area contributed by atoms with Crippen LogP contribution in [0.15, 0.2) is 0 Å². The summed E-state index contributed by atoms with van der Waals surface area (Å²) in [5.41, 5.74) is 0. The van der Waals surface area contributed by atoms with Crippen LogP contribution < -0.4 is 0 Å². The Morgan fingerprint density at radius 2 is 1.15 bits per heavy atom. The van der Waals surface area contributed by atoms with E-state index in [0.717, 1.165) is 83.2 Å². The molecule has 0 bridgehead atoms. The van der Waals surface area contributed by atoms with Crippen LogP contribution in [-0.2, 0) is 4.74 Å². The summed E-state index contributed by atoms with van der Waals surface area (Å²) in [6.07, 6.45) is 20.5. The molecule has 4 rings (SSSR count). The van der Waals surface area contributed by atoms with Gasteiger partial charge in [-0.15, -0.1) is 0 Å².